The van der Waals surface area contributed by atoms with Crippen LogP contribution in [0.1, 0.15) is 168 Å². The highest BCUT2D eigenvalue weighted by Crippen LogP contribution is 2.12. The average molecular weight is 955 g/mol. The molecule has 0 amide bonds. The SMILES string of the molecule is CC/C=C/C/C=C/C/C=C/C/C=C/C/C=C/C/C=C/C/C=C/CCCC(=O)OC(COCCC(C(=O)O)[N+](C)(C)C)COC(=O)CCCCCCCC/C=C/C/C=C/C/C=C/C/C=C/C/C=C/CC. The van der Waals surface area contributed by atoms with E-state index in [4.69, 9.17) is 14.2 Å². The Morgan fingerprint density at radius 1 is 0.435 bits per heavy atom. The zero-order chi connectivity index (χ0) is 50.6. The minimum atomic E-state index is -0.893. The fourth-order valence-corrected chi connectivity index (χ4v) is 6.75. The van der Waals surface area contributed by atoms with Gasteiger partial charge in [-0.05, 0) is 109 Å². The lowest BCUT2D eigenvalue weighted by atomic mass is 10.1. The Morgan fingerprint density at radius 3 is 1.17 bits per heavy atom. The fraction of sp³-hybridized carbons (Fsp3) is 0.557. The first-order chi connectivity index (χ1) is 33.6. The number of ether oxygens (including phenoxy) is 3. The Hall–Kier alpha value is -4.79. The topological polar surface area (TPSA) is 99.1 Å². The number of carbonyl (C=O) groups is 3. The van der Waals surface area contributed by atoms with Crippen LogP contribution in [0.2, 0.25) is 0 Å². The molecule has 0 aromatic heterocycles. The van der Waals surface area contributed by atoms with Gasteiger partial charge in [0.15, 0.2) is 12.1 Å². The molecule has 0 rings (SSSR count). The van der Waals surface area contributed by atoms with Gasteiger partial charge in [-0.2, -0.15) is 0 Å². The van der Waals surface area contributed by atoms with Crippen molar-refractivity contribution in [3.8, 4) is 0 Å². The fourth-order valence-electron chi connectivity index (χ4n) is 6.75. The molecule has 0 aliphatic carbocycles. The molecule has 0 spiro atoms. The van der Waals surface area contributed by atoms with Crippen LogP contribution in [0.3, 0.4) is 0 Å². The van der Waals surface area contributed by atoms with Crippen LogP contribution < -0.4 is 0 Å². The Labute approximate surface area is 421 Å². The van der Waals surface area contributed by atoms with Crippen LogP contribution in [-0.4, -0.2) is 80.6 Å². The second-order valence-electron chi connectivity index (χ2n) is 18.0. The van der Waals surface area contributed by atoms with Gasteiger partial charge in [-0.25, -0.2) is 4.79 Å². The summed E-state index contributed by atoms with van der Waals surface area (Å²) in [5.41, 5.74) is 0. The molecule has 69 heavy (non-hydrogen) atoms. The van der Waals surface area contributed by atoms with Gasteiger partial charge in [0.2, 0.25) is 0 Å². The largest absolute Gasteiger partial charge is 0.477 e. The van der Waals surface area contributed by atoms with Crippen LogP contribution >= 0.6 is 0 Å². The molecular formula is C61H96NO7+. The molecule has 0 aromatic rings. The van der Waals surface area contributed by atoms with Gasteiger partial charge in [-0.1, -0.05) is 185 Å². The third-order valence-corrected chi connectivity index (χ3v) is 10.7. The van der Waals surface area contributed by atoms with Gasteiger partial charge in [0.25, 0.3) is 0 Å². The number of carboxylic acid groups (broad SMARTS) is 1. The first-order valence-electron chi connectivity index (χ1n) is 26.4. The minimum absolute atomic E-state index is 0.0218. The molecule has 8 nitrogen and oxygen atoms in total. The number of hydrogen-bond donors (Lipinski definition) is 1. The number of rotatable bonds is 45. The van der Waals surface area contributed by atoms with E-state index in [1.165, 1.54) is 12.8 Å². The molecule has 2 unspecified atom stereocenters. The van der Waals surface area contributed by atoms with Crippen molar-refractivity contribution in [2.45, 2.75) is 180 Å². The average Bonchev–Trinajstić information content (AvgIpc) is 3.31. The van der Waals surface area contributed by atoms with E-state index in [1.54, 1.807) is 0 Å². The van der Waals surface area contributed by atoms with Gasteiger partial charge < -0.3 is 23.8 Å². The number of aliphatic carboxylic acids is 1. The van der Waals surface area contributed by atoms with E-state index in [2.05, 4.69) is 160 Å². The predicted octanol–water partition coefficient (Wildman–Crippen LogP) is 15.7. The molecule has 0 aliphatic heterocycles. The molecule has 8 heteroatoms. The lowest BCUT2D eigenvalue weighted by Gasteiger charge is -2.31. The highest BCUT2D eigenvalue weighted by atomic mass is 16.6. The summed E-state index contributed by atoms with van der Waals surface area (Å²) in [5.74, 6) is -1.58. The molecule has 1 N–H and O–H groups in total. The van der Waals surface area contributed by atoms with Crippen molar-refractivity contribution in [1.82, 2.24) is 0 Å². The van der Waals surface area contributed by atoms with E-state index in [9.17, 15) is 19.5 Å². The smallest absolute Gasteiger partial charge is 0.362 e. The summed E-state index contributed by atoms with van der Waals surface area (Å²) in [5, 5.41) is 9.66. The number of allylic oxidation sites excluding steroid dienone is 24. The van der Waals surface area contributed by atoms with Crippen LogP contribution in [0, 0.1) is 0 Å². The highest BCUT2D eigenvalue weighted by Gasteiger charge is 2.31. The van der Waals surface area contributed by atoms with Crippen LogP contribution in [-0.2, 0) is 28.6 Å². The maximum atomic E-state index is 12.8. The van der Waals surface area contributed by atoms with Gasteiger partial charge in [0, 0.05) is 19.3 Å². The van der Waals surface area contributed by atoms with Gasteiger partial charge in [0.05, 0.1) is 34.4 Å². The number of carbonyl (C=O) groups excluding carboxylic acids is 2. The Kier molecular flexibility index (Phi) is 46.2. The zero-order valence-electron chi connectivity index (χ0n) is 43.9. The Bertz CT molecular complexity index is 1630. The lowest BCUT2D eigenvalue weighted by Crippen LogP contribution is -2.50. The van der Waals surface area contributed by atoms with Gasteiger partial charge in [0.1, 0.15) is 6.61 Å². The summed E-state index contributed by atoms with van der Waals surface area (Å²) in [7, 11) is 5.49. The van der Waals surface area contributed by atoms with Crippen LogP contribution in [0.5, 0.6) is 0 Å². The maximum absolute atomic E-state index is 12.8. The first kappa shape index (κ1) is 64.2. The first-order valence-corrected chi connectivity index (χ1v) is 26.4. The quantitative estimate of drug-likeness (QED) is 0.0281. The number of quaternary nitrogens is 1. The minimum Gasteiger partial charge on any atom is -0.477 e. The number of likely N-dealkylation sites (N-methyl/N-ethyl adjacent to an activating group) is 1. The van der Waals surface area contributed by atoms with Crippen molar-refractivity contribution in [2.75, 3.05) is 41.0 Å². The number of carboxylic acids is 1. The van der Waals surface area contributed by atoms with Crippen LogP contribution in [0.15, 0.2) is 146 Å². The number of esters is 2. The molecule has 0 bridgehead atoms. The zero-order valence-corrected chi connectivity index (χ0v) is 43.9. The number of nitrogens with zero attached hydrogens (tertiary/aromatic N) is 1. The Morgan fingerprint density at radius 2 is 0.783 bits per heavy atom. The summed E-state index contributed by atoms with van der Waals surface area (Å²) in [6.07, 6.45) is 73.3. The van der Waals surface area contributed by atoms with Crippen molar-refractivity contribution in [3.63, 3.8) is 0 Å². The van der Waals surface area contributed by atoms with E-state index >= 15 is 0 Å². The number of unbranched alkanes of at least 4 members (excludes halogenated alkanes) is 7. The van der Waals surface area contributed by atoms with Gasteiger partial charge in [-0.15, -0.1) is 0 Å². The van der Waals surface area contributed by atoms with E-state index in [1.807, 2.05) is 21.1 Å². The summed E-state index contributed by atoms with van der Waals surface area (Å²) >= 11 is 0. The summed E-state index contributed by atoms with van der Waals surface area (Å²) < 4.78 is 17.3. The molecule has 0 aliphatic rings. The third-order valence-electron chi connectivity index (χ3n) is 10.7. The van der Waals surface area contributed by atoms with E-state index < -0.39 is 18.1 Å². The predicted molar refractivity (Wildman–Crippen MR) is 293 cm³/mol. The van der Waals surface area contributed by atoms with Crippen molar-refractivity contribution >= 4 is 17.9 Å². The van der Waals surface area contributed by atoms with E-state index in [-0.39, 0.29) is 42.7 Å². The van der Waals surface area contributed by atoms with Crippen molar-refractivity contribution in [1.29, 1.82) is 0 Å². The summed E-state index contributed by atoms with van der Waals surface area (Å²) in [6.45, 7) is 4.41. The van der Waals surface area contributed by atoms with E-state index in [0.29, 0.717) is 19.3 Å². The normalized spacial score (nSPS) is 14.0. The lowest BCUT2D eigenvalue weighted by molar-refractivity contribution is -0.887. The standard InChI is InChI=1S/C61H95NO7/c1-6-8-10-12-14-16-18-20-22-24-26-28-30-32-34-36-38-40-42-44-46-48-50-52-60(64)69-57(55-67-54-53-58(61(65)66)62(3,4)5)56-68-59(63)51-49-47-45-43-41-39-37-35-33-31-29-27-25-23-21-19-17-15-13-11-9-7-2/h8-11,14-17,20-23,26-29,32-35,38,40,44,46,57-58H,6-7,12-13,18-19,24-25,30-31,36-37,39,41-43,45,47-56H2,1-5H3/p+1/b10-8+,11-9+,16-14+,17-15+,22-20+,23-21+,28-26+,29-27+,34-32+,35-33+,40-38+,46-44+. The molecule has 0 fully saturated rings. The van der Waals surface area contributed by atoms with Crippen LogP contribution in [0.25, 0.3) is 0 Å². The second kappa shape index (κ2) is 49.6. The number of hydrogen-bond acceptors (Lipinski definition) is 6. The summed E-state index contributed by atoms with van der Waals surface area (Å²) in [6, 6.07) is -0.639. The molecular weight excluding hydrogens is 859 g/mol. The van der Waals surface area contributed by atoms with Crippen LogP contribution in [0.4, 0.5) is 0 Å². The molecule has 0 heterocycles. The summed E-state index contributed by atoms with van der Waals surface area (Å²) in [4.78, 5) is 37.2. The third kappa shape index (κ3) is 48.0. The van der Waals surface area contributed by atoms with Gasteiger partial charge in [-0.3, -0.25) is 9.59 Å². The van der Waals surface area contributed by atoms with Crippen molar-refractivity contribution < 1.29 is 38.2 Å². The van der Waals surface area contributed by atoms with Crippen molar-refractivity contribution in [2.24, 2.45) is 0 Å². The molecule has 0 saturated carbocycles. The van der Waals surface area contributed by atoms with E-state index in [0.717, 1.165) is 116 Å². The monoisotopic (exact) mass is 955 g/mol. The van der Waals surface area contributed by atoms with Crippen molar-refractivity contribution in [3.05, 3.63) is 146 Å². The van der Waals surface area contributed by atoms with Gasteiger partial charge >= 0.3 is 17.9 Å². The molecule has 386 valence electrons. The molecule has 0 aromatic carbocycles. The highest BCUT2D eigenvalue weighted by molar-refractivity contribution is 5.72. The molecule has 2 atom stereocenters. The second-order valence-corrected chi connectivity index (χ2v) is 18.0. The molecule has 0 radical (unpaired) electrons. The maximum Gasteiger partial charge on any atom is 0.362 e. The molecule has 0 saturated heterocycles. The Balaban J connectivity index is 4.42.